The highest BCUT2D eigenvalue weighted by molar-refractivity contribution is 6.31. The first-order chi connectivity index (χ1) is 9.60. The van der Waals surface area contributed by atoms with Crippen molar-refractivity contribution in [2.45, 2.75) is 32.7 Å². The van der Waals surface area contributed by atoms with Gasteiger partial charge in [0.2, 0.25) is 0 Å². The number of halogens is 1. The Balaban J connectivity index is 2.09. The normalized spacial score (nSPS) is 12.4. The summed E-state index contributed by atoms with van der Waals surface area (Å²) < 4.78 is 0. The van der Waals surface area contributed by atoms with Crippen molar-refractivity contribution in [3.8, 4) is 0 Å². The Hall–Kier alpha value is -1.42. The third kappa shape index (κ3) is 3.79. The molecule has 0 saturated carbocycles. The van der Waals surface area contributed by atoms with Crippen LogP contribution < -0.4 is 11.3 Å². The van der Waals surface area contributed by atoms with Crippen LogP contribution in [0.5, 0.6) is 0 Å². The van der Waals surface area contributed by atoms with Crippen LogP contribution in [-0.2, 0) is 12.8 Å². The van der Waals surface area contributed by atoms with Crippen molar-refractivity contribution in [1.29, 1.82) is 0 Å². The summed E-state index contributed by atoms with van der Waals surface area (Å²) in [5, 5.41) is 0.688. The summed E-state index contributed by atoms with van der Waals surface area (Å²) in [7, 11) is 0. The summed E-state index contributed by atoms with van der Waals surface area (Å²) in [6, 6.07) is 8.61. The smallest absolute Gasteiger partial charge is 0.0621 e. The van der Waals surface area contributed by atoms with Gasteiger partial charge in [0.05, 0.1) is 5.02 Å². The van der Waals surface area contributed by atoms with E-state index in [1.54, 1.807) is 12.4 Å². The topological polar surface area (TPSA) is 50.9 Å². The number of hydrazine groups is 1. The van der Waals surface area contributed by atoms with E-state index in [4.69, 9.17) is 17.4 Å². The van der Waals surface area contributed by atoms with E-state index in [0.29, 0.717) is 5.02 Å². The molecule has 3 N–H and O–H groups in total. The zero-order valence-corrected chi connectivity index (χ0v) is 12.6. The summed E-state index contributed by atoms with van der Waals surface area (Å²) in [6.45, 7) is 4.25. The summed E-state index contributed by atoms with van der Waals surface area (Å²) >= 11 is 6.14. The second-order valence-electron chi connectivity index (χ2n) is 5.16. The highest BCUT2D eigenvalue weighted by Gasteiger charge is 2.11. The first kappa shape index (κ1) is 15.0. The van der Waals surface area contributed by atoms with Crippen molar-refractivity contribution in [2.24, 2.45) is 5.84 Å². The zero-order chi connectivity index (χ0) is 14.5. The van der Waals surface area contributed by atoms with Gasteiger partial charge < -0.3 is 0 Å². The fraction of sp³-hybridized carbons (Fsp3) is 0.312. The van der Waals surface area contributed by atoms with E-state index in [2.05, 4.69) is 42.5 Å². The SMILES string of the molecule is Cc1ccc(CC(Cc2ccncc2Cl)NN)cc1C. The molecule has 0 aliphatic rings. The fourth-order valence-corrected chi connectivity index (χ4v) is 2.44. The van der Waals surface area contributed by atoms with E-state index in [1.807, 2.05) is 6.07 Å². The molecule has 4 heteroatoms. The zero-order valence-electron chi connectivity index (χ0n) is 11.9. The lowest BCUT2D eigenvalue weighted by Crippen LogP contribution is -2.38. The molecule has 0 fully saturated rings. The molecular formula is C16H20ClN3. The Labute approximate surface area is 125 Å². The highest BCUT2D eigenvalue weighted by Crippen LogP contribution is 2.17. The maximum Gasteiger partial charge on any atom is 0.0621 e. The summed E-state index contributed by atoms with van der Waals surface area (Å²) in [5.41, 5.74) is 7.84. The lowest BCUT2D eigenvalue weighted by atomic mass is 9.97. The van der Waals surface area contributed by atoms with Crippen molar-refractivity contribution in [3.63, 3.8) is 0 Å². The predicted molar refractivity (Wildman–Crippen MR) is 83.7 cm³/mol. The number of hydrogen-bond acceptors (Lipinski definition) is 3. The molecule has 0 aliphatic heterocycles. The Morgan fingerprint density at radius 1 is 1.20 bits per heavy atom. The first-order valence-electron chi connectivity index (χ1n) is 6.71. The summed E-state index contributed by atoms with van der Waals surface area (Å²) in [5.74, 6) is 5.68. The van der Waals surface area contributed by atoms with Crippen LogP contribution in [0.1, 0.15) is 22.3 Å². The lowest BCUT2D eigenvalue weighted by molar-refractivity contribution is 0.522. The van der Waals surface area contributed by atoms with Gasteiger partial charge in [-0.2, -0.15) is 0 Å². The number of nitrogens with zero attached hydrogens (tertiary/aromatic N) is 1. The van der Waals surface area contributed by atoms with Crippen LogP contribution in [0, 0.1) is 13.8 Å². The van der Waals surface area contributed by atoms with Gasteiger partial charge in [-0.15, -0.1) is 0 Å². The van der Waals surface area contributed by atoms with Crippen molar-refractivity contribution in [3.05, 3.63) is 63.9 Å². The quantitative estimate of drug-likeness (QED) is 0.657. The molecule has 0 aliphatic carbocycles. The molecule has 1 heterocycles. The number of aromatic nitrogens is 1. The number of nitrogens with one attached hydrogen (secondary N) is 1. The van der Waals surface area contributed by atoms with Gasteiger partial charge in [0.1, 0.15) is 0 Å². The monoisotopic (exact) mass is 289 g/mol. The maximum atomic E-state index is 6.14. The Morgan fingerprint density at radius 2 is 2.00 bits per heavy atom. The Bertz CT molecular complexity index is 584. The van der Waals surface area contributed by atoms with Crippen molar-refractivity contribution < 1.29 is 0 Å². The molecule has 0 amide bonds. The lowest BCUT2D eigenvalue weighted by Gasteiger charge is -2.17. The molecule has 1 aromatic heterocycles. The number of hydrogen-bond donors (Lipinski definition) is 2. The van der Waals surface area contributed by atoms with Gasteiger partial charge in [-0.05, 0) is 55.0 Å². The van der Waals surface area contributed by atoms with Gasteiger partial charge in [0.15, 0.2) is 0 Å². The number of pyridine rings is 1. The van der Waals surface area contributed by atoms with Crippen LogP contribution in [0.2, 0.25) is 5.02 Å². The Morgan fingerprint density at radius 3 is 2.65 bits per heavy atom. The Kier molecular flexibility index (Phi) is 5.12. The molecule has 20 heavy (non-hydrogen) atoms. The van der Waals surface area contributed by atoms with Crippen LogP contribution in [0.3, 0.4) is 0 Å². The van der Waals surface area contributed by atoms with E-state index in [9.17, 15) is 0 Å². The van der Waals surface area contributed by atoms with E-state index in [0.717, 1.165) is 18.4 Å². The van der Waals surface area contributed by atoms with Gasteiger partial charge in [-0.3, -0.25) is 16.3 Å². The van der Waals surface area contributed by atoms with Gasteiger partial charge in [0, 0.05) is 18.4 Å². The maximum absolute atomic E-state index is 6.14. The van der Waals surface area contributed by atoms with Crippen LogP contribution in [0.15, 0.2) is 36.7 Å². The minimum atomic E-state index is 0.150. The second kappa shape index (κ2) is 6.84. The van der Waals surface area contributed by atoms with Crippen LogP contribution in [0.25, 0.3) is 0 Å². The average molecular weight is 290 g/mol. The minimum absolute atomic E-state index is 0.150. The van der Waals surface area contributed by atoms with Crippen LogP contribution >= 0.6 is 11.6 Å². The van der Waals surface area contributed by atoms with Crippen molar-refractivity contribution in [2.75, 3.05) is 0 Å². The molecule has 0 spiro atoms. The molecule has 106 valence electrons. The highest BCUT2D eigenvalue weighted by atomic mass is 35.5. The number of aryl methyl sites for hydroxylation is 2. The molecule has 2 aromatic rings. The van der Waals surface area contributed by atoms with E-state index in [1.165, 1.54) is 16.7 Å². The molecule has 0 saturated heterocycles. The molecule has 0 bridgehead atoms. The standard InChI is InChI=1S/C16H20ClN3/c1-11-3-4-13(7-12(11)2)8-15(20-18)9-14-5-6-19-10-16(14)17/h3-7,10,15,20H,8-9,18H2,1-2H3. The number of rotatable bonds is 5. The minimum Gasteiger partial charge on any atom is -0.271 e. The van der Waals surface area contributed by atoms with E-state index in [-0.39, 0.29) is 6.04 Å². The molecule has 3 nitrogen and oxygen atoms in total. The number of benzene rings is 1. The molecule has 2 rings (SSSR count). The molecule has 0 radical (unpaired) electrons. The fourth-order valence-electron chi connectivity index (χ4n) is 2.24. The second-order valence-corrected chi connectivity index (χ2v) is 5.56. The molecule has 1 unspecified atom stereocenters. The van der Waals surface area contributed by atoms with Gasteiger partial charge in [-0.25, -0.2) is 0 Å². The van der Waals surface area contributed by atoms with Crippen molar-refractivity contribution >= 4 is 11.6 Å². The van der Waals surface area contributed by atoms with E-state index < -0.39 is 0 Å². The molecule has 1 aromatic carbocycles. The largest absolute Gasteiger partial charge is 0.271 e. The van der Waals surface area contributed by atoms with Crippen molar-refractivity contribution in [1.82, 2.24) is 10.4 Å². The molecular weight excluding hydrogens is 270 g/mol. The van der Waals surface area contributed by atoms with Gasteiger partial charge in [-0.1, -0.05) is 29.8 Å². The van der Waals surface area contributed by atoms with E-state index >= 15 is 0 Å². The van der Waals surface area contributed by atoms with Gasteiger partial charge >= 0.3 is 0 Å². The summed E-state index contributed by atoms with van der Waals surface area (Å²) in [6.07, 6.45) is 5.08. The third-order valence-electron chi connectivity index (χ3n) is 3.61. The van der Waals surface area contributed by atoms with Gasteiger partial charge in [0.25, 0.3) is 0 Å². The molecule has 1 atom stereocenters. The third-order valence-corrected chi connectivity index (χ3v) is 3.95. The van der Waals surface area contributed by atoms with Crippen LogP contribution in [-0.4, -0.2) is 11.0 Å². The first-order valence-corrected chi connectivity index (χ1v) is 7.08. The number of nitrogens with two attached hydrogens (primary N) is 1. The average Bonchev–Trinajstić information content (AvgIpc) is 2.44. The summed E-state index contributed by atoms with van der Waals surface area (Å²) in [4.78, 5) is 4.00. The van der Waals surface area contributed by atoms with Crippen LogP contribution in [0.4, 0.5) is 0 Å². The predicted octanol–water partition coefficient (Wildman–Crippen LogP) is 2.97.